The molecule has 0 N–H and O–H groups in total. The van der Waals surface area contributed by atoms with Crippen LogP contribution in [0.5, 0.6) is 0 Å². The fourth-order valence-corrected chi connectivity index (χ4v) is 4.69. The van der Waals surface area contributed by atoms with Gasteiger partial charge in [0, 0.05) is 23.2 Å². The Hall–Kier alpha value is -2.61. The van der Waals surface area contributed by atoms with Crippen LogP contribution in [0.25, 0.3) is 10.9 Å². The number of halogens is 1. The van der Waals surface area contributed by atoms with Crippen LogP contribution in [0.15, 0.2) is 48.7 Å². The van der Waals surface area contributed by atoms with Crippen LogP contribution in [0, 0.1) is 11.3 Å². The number of rotatable bonds is 1. The highest BCUT2D eigenvalue weighted by Gasteiger charge is 2.43. The molecule has 1 unspecified atom stereocenters. The number of ether oxygens (including phenoxy) is 1. The maximum atomic E-state index is 9.71. The molecular formula is C22H18ClN3O. The number of pyridine rings is 1. The van der Waals surface area contributed by atoms with E-state index in [-0.39, 0.29) is 5.60 Å². The van der Waals surface area contributed by atoms with Crippen molar-refractivity contribution in [1.82, 2.24) is 4.98 Å². The standard InChI is InChI=1S/C22H18ClN3O/c23-17-5-6-20-18(11-17)21(16(12-24)13-25-20)26-9-10-27-22(14-26)8-7-15-3-1-2-4-19(15)22/h1-6,11,13H,7-10,14H2. The van der Waals surface area contributed by atoms with Crippen LogP contribution in [0.4, 0.5) is 5.69 Å². The Balaban J connectivity index is 1.64. The fraction of sp³-hybridized carbons (Fsp3) is 0.273. The summed E-state index contributed by atoms with van der Waals surface area (Å²) in [7, 11) is 0. The topological polar surface area (TPSA) is 49.2 Å². The Morgan fingerprint density at radius 3 is 3.00 bits per heavy atom. The van der Waals surface area contributed by atoms with Gasteiger partial charge in [-0.15, -0.1) is 0 Å². The van der Waals surface area contributed by atoms with E-state index in [1.165, 1.54) is 11.1 Å². The van der Waals surface area contributed by atoms with Crippen molar-refractivity contribution in [3.8, 4) is 6.07 Å². The average molecular weight is 376 g/mol. The zero-order chi connectivity index (χ0) is 18.4. The van der Waals surface area contributed by atoms with E-state index in [9.17, 15) is 5.26 Å². The largest absolute Gasteiger partial charge is 0.367 e. The molecule has 3 aromatic rings. The lowest BCUT2D eigenvalue weighted by Gasteiger charge is -2.42. The summed E-state index contributed by atoms with van der Waals surface area (Å²) in [4.78, 5) is 6.72. The molecule has 5 rings (SSSR count). The van der Waals surface area contributed by atoms with Crippen LogP contribution in [-0.2, 0) is 16.8 Å². The van der Waals surface area contributed by atoms with Gasteiger partial charge in [0.1, 0.15) is 11.7 Å². The van der Waals surface area contributed by atoms with Gasteiger partial charge in [-0.25, -0.2) is 0 Å². The lowest BCUT2D eigenvalue weighted by Crippen LogP contribution is -2.49. The fourth-order valence-electron chi connectivity index (χ4n) is 4.52. The van der Waals surface area contributed by atoms with Crippen LogP contribution in [0.1, 0.15) is 23.1 Å². The second kappa shape index (κ2) is 6.23. The number of nitrogens with zero attached hydrogens (tertiary/aromatic N) is 3. The zero-order valence-corrected chi connectivity index (χ0v) is 15.5. The highest BCUT2D eigenvalue weighted by atomic mass is 35.5. The number of hydrogen-bond acceptors (Lipinski definition) is 4. The van der Waals surface area contributed by atoms with Gasteiger partial charge in [-0.3, -0.25) is 4.98 Å². The number of nitriles is 1. The summed E-state index contributed by atoms with van der Waals surface area (Å²) in [5.41, 5.74) is 4.67. The van der Waals surface area contributed by atoms with Crippen LogP contribution in [0.3, 0.4) is 0 Å². The Labute approximate surface area is 163 Å². The molecule has 0 amide bonds. The molecule has 134 valence electrons. The van der Waals surface area contributed by atoms with Crippen molar-refractivity contribution in [2.75, 3.05) is 24.6 Å². The molecule has 1 aromatic heterocycles. The molecule has 2 aliphatic rings. The van der Waals surface area contributed by atoms with Crippen LogP contribution >= 0.6 is 11.6 Å². The SMILES string of the molecule is N#Cc1cnc2ccc(Cl)cc2c1N1CCOC2(CCc3ccccc32)C1. The van der Waals surface area contributed by atoms with Crippen LogP contribution in [0.2, 0.25) is 5.02 Å². The predicted octanol–water partition coefficient (Wildman–Crippen LogP) is 4.44. The van der Waals surface area contributed by atoms with Crippen molar-refractivity contribution < 1.29 is 4.74 Å². The molecule has 0 bridgehead atoms. The molecule has 1 saturated heterocycles. The normalized spacial score (nSPS) is 21.4. The quantitative estimate of drug-likeness (QED) is 0.631. The van der Waals surface area contributed by atoms with Gasteiger partial charge >= 0.3 is 0 Å². The maximum Gasteiger partial charge on any atom is 0.111 e. The van der Waals surface area contributed by atoms with Gasteiger partial charge in [-0.1, -0.05) is 35.9 Å². The minimum absolute atomic E-state index is 0.310. The summed E-state index contributed by atoms with van der Waals surface area (Å²) in [6.45, 7) is 2.10. The first-order valence-electron chi connectivity index (χ1n) is 9.16. The summed E-state index contributed by atoms with van der Waals surface area (Å²) in [5, 5.41) is 11.3. The molecule has 0 radical (unpaired) electrons. The summed E-state index contributed by atoms with van der Waals surface area (Å²) < 4.78 is 6.35. The molecular weight excluding hydrogens is 358 g/mol. The summed E-state index contributed by atoms with van der Waals surface area (Å²) in [6, 6.07) is 16.5. The van der Waals surface area contributed by atoms with Gasteiger partial charge in [-0.05, 0) is 42.2 Å². The van der Waals surface area contributed by atoms with Gasteiger partial charge in [0.2, 0.25) is 0 Å². The van der Waals surface area contributed by atoms with Crippen molar-refractivity contribution in [1.29, 1.82) is 5.26 Å². The second-order valence-electron chi connectivity index (χ2n) is 7.22. The van der Waals surface area contributed by atoms with Gasteiger partial charge < -0.3 is 9.64 Å². The number of morpholine rings is 1. The molecule has 0 saturated carbocycles. The minimum Gasteiger partial charge on any atom is -0.367 e. The highest BCUT2D eigenvalue weighted by molar-refractivity contribution is 6.31. The summed E-state index contributed by atoms with van der Waals surface area (Å²) in [5.74, 6) is 0. The second-order valence-corrected chi connectivity index (χ2v) is 7.65. The number of fused-ring (bicyclic) bond motifs is 3. The highest BCUT2D eigenvalue weighted by Crippen LogP contribution is 2.44. The molecule has 5 heteroatoms. The monoisotopic (exact) mass is 375 g/mol. The third-order valence-corrected chi connectivity index (χ3v) is 5.97. The molecule has 27 heavy (non-hydrogen) atoms. The van der Waals surface area contributed by atoms with E-state index in [0.29, 0.717) is 17.2 Å². The average Bonchev–Trinajstić information content (AvgIpc) is 3.05. The van der Waals surface area contributed by atoms with Crippen molar-refractivity contribution >= 4 is 28.2 Å². The van der Waals surface area contributed by atoms with Crippen LogP contribution < -0.4 is 4.90 Å². The lowest BCUT2D eigenvalue weighted by atomic mass is 9.93. The molecule has 1 aliphatic carbocycles. The minimum atomic E-state index is -0.310. The summed E-state index contributed by atoms with van der Waals surface area (Å²) in [6.07, 6.45) is 3.66. The van der Waals surface area contributed by atoms with Crippen molar-refractivity contribution in [3.63, 3.8) is 0 Å². The molecule has 1 spiro atoms. The molecule has 1 atom stereocenters. The van der Waals surface area contributed by atoms with E-state index in [1.807, 2.05) is 18.2 Å². The Bertz CT molecular complexity index is 1090. The van der Waals surface area contributed by atoms with E-state index >= 15 is 0 Å². The van der Waals surface area contributed by atoms with Gasteiger partial charge in [0.15, 0.2) is 0 Å². The molecule has 2 heterocycles. The third-order valence-electron chi connectivity index (χ3n) is 5.73. The van der Waals surface area contributed by atoms with E-state index in [1.54, 1.807) is 6.20 Å². The number of aryl methyl sites for hydroxylation is 1. The molecule has 4 nitrogen and oxygen atoms in total. The van der Waals surface area contributed by atoms with E-state index in [0.717, 1.165) is 42.5 Å². The van der Waals surface area contributed by atoms with Crippen molar-refractivity contribution in [3.05, 3.63) is 70.4 Å². The lowest BCUT2D eigenvalue weighted by molar-refractivity contribution is -0.0591. The van der Waals surface area contributed by atoms with Crippen molar-refractivity contribution in [2.45, 2.75) is 18.4 Å². The van der Waals surface area contributed by atoms with Crippen molar-refractivity contribution in [2.24, 2.45) is 0 Å². The van der Waals surface area contributed by atoms with Crippen LogP contribution in [-0.4, -0.2) is 24.7 Å². The number of anilines is 1. The molecule has 1 aliphatic heterocycles. The van der Waals surface area contributed by atoms with E-state index in [4.69, 9.17) is 16.3 Å². The molecule has 2 aromatic carbocycles. The van der Waals surface area contributed by atoms with Gasteiger partial charge in [0.25, 0.3) is 0 Å². The predicted molar refractivity (Wildman–Crippen MR) is 106 cm³/mol. The maximum absolute atomic E-state index is 9.71. The summed E-state index contributed by atoms with van der Waals surface area (Å²) >= 11 is 6.26. The number of hydrogen-bond donors (Lipinski definition) is 0. The number of benzene rings is 2. The first-order chi connectivity index (χ1) is 13.2. The van der Waals surface area contributed by atoms with Gasteiger partial charge in [0.05, 0.1) is 29.9 Å². The van der Waals surface area contributed by atoms with Gasteiger partial charge in [-0.2, -0.15) is 5.26 Å². The molecule has 1 fully saturated rings. The smallest absolute Gasteiger partial charge is 0.111 e. The Morgan fingerprint density at radius 1 is 1.22 bits per heavy atom. The first kappa shape index (κ1) is 16.6. The van der Waals surface area contributed by atoms with E-state index < -0.39 is 0 Å². The Kier molecular flexibility index (Phi) is 3.82. The first-order valence-corrected chi connectivity index (χ1v) is 9.54. The van der Waals surface area contributed by atoms with E-state index in [2.05, 4.69) is 40.2 Å². The number of aromatic nitrogens is 1. The third kappa shape index (κ3) is 2.58. The Morgan fingerprint density at radius 2 is 2.11 bits per heavy atom. The zero-order valence-electron chi connectivity index (χ0n) is 14.8.